The molecule has 9 nitrogen and oxygen atoms in total. The van der Waals surface area contributed by atoms with Crippen LogP contribution < -0.4 is 15.4 Å². The van der Waals surface area contributed by atoms with E-state index in [0.29, 0.717) is 35.1 Å². The zero-order valence-corrected chi connectivity index (χ0v) is 19.3. The molecule has 34 heavy (non-hydrogen) atoms. The fourth-order valence-electron chi connectivity index (χ4n) is 4.61. The van der Waals surface area contributed by atoms with E-state index < -0.39 is 5.91 Å². The lowest BCUT2D eigenvalue weighted by Gasteiger charge is -2.33. The number of ether oxygens (including phenoxy) is 1. The predicted molar refractivity (Wildman–Crippen MR) is 128 cm³/mol. The summed E-state index contributed by atoms with van der Waals surface area (Å²) < 4.78 is 6.77. The van der Waals surface area contributed by atoms with Crippen LogP contribution in [-0.4, -0.2) is 60.1 Å². The van der Waals surface area contributed by atoms with Crippen LogP contribution in [0.5, 0.6) is 5.75 Å². The molecular formula is C25H26N6O3. The summed E-state index contributed by atoms with van der Waals surface area (Å²) >= 11 is 0. The van der Waals surface area contributed by atoms with E-state index in [1.54, 1.807) is 41.2 Å². The number of hydrogen-bond donors (Lipinski definition) is 2. The summed E-state index contributed by atoms with van der Waals surface area (Å²) in [5.41, 5.74) is 8.69. The average Bonchev–Trinajstić information content (AvgIpc) is 3.48. The predicted octanol–water partition coefficient (Wildman–Crippen LogP) is 2.56. The van der Waals surface area contributed by atoms with Gasteiger partial charge in [-0.15, -0.1) is 0 Å². The molecule has 1 aromatic heterocycles. The van der Waals surface area contributed by atoms with E-state index >= 15 is 0 Å². The van der Waals surface area contributed by atoms with Crippen molar-refractivity contribution < 1.29 is 14.3 Å². The van der Waals surface area contributed by atoms with Crippen LogP contribution in [0.2, 0.25) is 0 Å². The molecule has 2 heterocycles. The van der Waals surface area contributed by atoms with Gasteiger partial charge in [0.25, 0.3) is 11.8 Å². The van der Waals surface area contributed by atoms with Gasteiger partial charge in [0.15, 0.2) is 5.69 Å². The van der Waals surface area contributed by atoms with Gasteiger partial charge >= 0.3 is 0 Å². The first-order valence-corrected chi connectivity index (χ1v) is 11.0. The second kappa shape index (κ2) is 7.72. The fraction of sp³-hybridized carbons (Fsp3) is 0.280. The molecule has 2 amide bonds. The van der Waals surface area contributed by atoms with Gasteiger partial charge in [-0.05, 0) is 61.4 Å². The smallest absolute Gasteiger partial charge is 0.277 e. The zero-order valence-electron chi connectivity index (χ0n) is 19.3. The Labute approximate surface area is 197 Å². The largest absolute Gasteiger partial charge is 0.497 e. The highest BCUT2D eigenvalue weighted by molar-refractivity contribution is 6.11. The van der Waals surface area contributed by atoms with Crippen LogP contribution in [-0.2, 0) is 5.41 Å². The van der Waals surface area contributed by atoms with Crippen molar-refractivity contribution in [3.63, 3.8) is 0 Å². The topological polar surface area (TPSA) is 118 Å². The van der Waals surface area contributed by atoms with E-state index in [9.17, 15) is 9.59 Å². The number of benzene rings is 2. The third-order valence-electron chi connectivity index (χ3n) is 6.63. The molecule has 0 unspecified atom stereocenters. The second-order valence-corrected chi connectivity index (χ2v) is 9.01. The van der Waals surface area contributed by atoms with Crippen LogP contribution in [0, 0.1) is 5.41 Å². The molecule has 5 rings (SSSR count). The molecule has 1 aliphatic carbocycles. The molecule has 1 fully saturated rings. The monoisotopic (exact) mass is 458 g/mol. The van der Waals surface area contributed by atoms with Crippen molar-refractivity contribution >= 4 is 23.3 Å². The van der Waals surface area contributed by atoms with Gasteiger partial charge in [0, 0.05) is 42.9 Å². The molecule has 0 atom stereocenters. The normalized spacial score (nSPS) is 15.7. The number of amides is 2. The Hall–Kier alpha value is -4.14. The number of primary amides is 1. The summed E-state index contributed by atoms with van der Waals surface area (Å²) in [6.07, 6.45) is 1.70. The van der Waals surface area contributed by atoms with Gasteiger partial charge in [-0.1, -0.05) is 0 Å². The number of nitrogens with two attached hydrogens (primary N) is 1. The van der Waals surface area contributed by atoms with Gasteiger partial charge in [-0.25, -0.2) is 4.68 Å². The highest BCUT2D eigenvalue weighted by atomic mass is 16.5. The van der Waals surface area contributed by atoms with Crippen molar-refractivity contribution in [2.24, 2.45) is 5.73 Å². The zero-order chi connectivity index (χ0) is 24.2. The average molecular weight is 459 g/mol. The van der Waals surface area contributed by atoms with E-state index in [-0.39, 0.29) is 17.0 Å². The minimum absolute atomic E-state index is 0.158. The number of hydrogen-bond acceptors (Lipinski definition) is 5. The Morgan fingerprint density at radius 3 is 2.24 bits per heavy atom. The standard InChI is InChI=1S/C25H26N6O3/c1-29(2)22(26)15-4-6-16(7-5-15)30-14-25(12-13-25)19-20(23(27)32)28-31(21(19)24(30)33)17-8-10-18(34-3)11-9-17/h4-11,26H,12-14H2,1-3H3,(H2,27,32). The first-order chi connectivity index (χ1) is 16.3. The molecule has 1 spiro atoms. The molecule has 0 bridgehead atoms. The Kier molecular flexibility index (Phi) is 4.93. The molecule has 1 aliphatic heterocycles. The third-order valence-corrected chi connectivity index (χ3v) is 6.63. The van der Waals surface area contributed by atoms with E-state index in [1.165, 1.54) is 4.68 Å². The summed E-state index contributed by atoms with van der Waals surface area (Å²) in [4.78, 5) is 29.6. The Bertz CT molecular complexity index is 1300. The van der Waals surface area contributed by atoms with Crippen molar-refractivity contribution in [1.82, 2.24) is 14.7 Å². The SMILES string of the molecule is COc1ccc(-n2nc(C(N)=O)c3c2C(=O)N(c2ccc(C(=N)N(C)C)cc2)CC32CC2)cc1. The number of rotatable bonds is 5. The number of carbonyl (C=O) groups is 2. The maximum Gasteiger partial charge on any atom is 0.277 e. The van der Waals surface area contributed by atoms with Crippen molar-refractivity contribution in [2.75, 3.05) is 32.6 Å². The van der Waals surface area contributed by atoms with Crippen molar-refractivity contribution in [2.45, 2.75) is 18.3 Å². The van der Waals surface area contributed by atoms with E-state index in [4.69, 9.17) is 15.9 Å². The van der Waals surface area contributed by atoms with Gasteiger partial charge in [0.05, 0.1) is 12.8 Å². The number of nitrogens with one attached hydrogen (secondary N) is 1. The number of amidine groups is 1. The molecular weight excluding hydrogens is 432 g/mol. The van der Waals surface area contributed by atoms with Crippen LogP contribution in [0.3, 0.4) is 0 Å². The first kappa shape index (κ1) is 21.7. The highest BCUT2D eigenvalue weighted by Crippen LogP contribution is 2.54. The Morgan fingerprint density at radius 2 is 1.71 bits per heavy atom. The lowest BCUT2D eigenvalue weighted by atomic mass is 9.88. The Morgan fingerprint density at radius 1 is 1.09 bits per heavy atom. The van der Waals surface area contributed by atoms with Crippen LogP contribution in [0.1, 0.15) is 44.9 Å². The summed E-state index contributed by atoms with van der Waals surface area (Å²) in [7, 11) is 5.22. The fourth-order valence-corrected chi connectivity index (χ4v) is 4.61. The molecule has 2 aliphatic rings. The van der Waals surface area contributed by atoms with E-state index in [0.717, 1.165) is 24.1 Å². The van der Waals surface area contributed by atoms with Crippen LogP contribution in [0.15, 0.2) is 48.5 Å². The summed E-state index contributed by atoms with van der Waals surface area (Å²) in [5.74, 6) is 0.192. The Balaban J connectivity index is 1.61. The second-order valence-electron chi connectivity index (χ2n) is 9.01. The molecule has 174 valence electrons. The quantitative estimate of drug-likeness (QED) is 0.450. The third kappa shape index (κ3) is 3.32. The van der Waals surface area contributed by atoms with Crippen molar-refractivity contribution in [3.05, 3.63) is 71.0 Å². The molecule has 1 saturated carbocycles. The van der Waals surface area contributed by atoms with E-state index in [1.807, 2.05) is 38.4 Å². The molecule has 2 aromatic carbocycles. The van der Waals surface area contributed by atoms with Gasteiger partial charge in [-0.2, -0.15) is 5.10 Å². The molecule has 0 radical (unpaired) electrons. The number of nitrogens with zero attached hydrogens (tertiary/aromatic N) is 4. The van der Waals surface area contributed by atoms with Crippen LogP contribution in [0.25, 0.3) is 5.69 Å². The number of fused-ring (bicyclic) bond motifs is 2. The van der Waals surface area contributed by atoms with Gasteiger partial charge in [-0.3, -0.25) is 15.0 Å². The number of aromatic nitrogens is 2. The maximum absolute atomic E-state index is 13.9. The summed E-state index contributed by atoms with van der Waals surface area (Å²) in [6, 6.07) is 14.6. The van der Waals surface area contributed by atoms with E-state index in [2.05, 4.69) is 5.10 Å². The minimum Gasteiger partial charge on any atom is -0.497 e. The van der Waals surface area contributed by atoms with Gasteiger partial charge in [0.2, 0.25) is 0 Å². The van der Waals surface area contributed by atoms with Crippen LogP contribution >= 0.6 is 0 Å². The molecule has 0 saturated heterocycles. The molecule has 3 aromatic rings. The molecule has 3 N–H and O–H groups in total. The van der Waals surface area contributed by atoms with Gasteiger partial charge in [0.1, 0.15) is 17.3 Å². The highest BCUT2D eigenvalue weighted by Gasteiger charge is 2.56. The lowest BCUT2D eigenvalue weighted by molar-refractivity contribution is 0.0966. The molecule has 9 heteroatoms. The van der Waals surface area contributed by atoms with Crippen molar-refractivity contribution in [3.8, 4) is 11.4 Å². The summed E-state index contributed by atoms with van der Waals surface area (Å²) in [6.45, 7) is 0.456. The van der Waals surface area contributed by atoms with Gasteiger partial charge < -0.3 is 20.3 Å². The number of carbonyl (C=O) groups excluding carboxylic acids is 2. The first-order valence-electron chi connectivity index (χ1n) is 11.0. The number of methoxy groups -OCH3 is 1. The summed E-state index contributed by atoms with van der Waals surface area (Å²) in [5, 5.41) is 12.7. The number of anilines is 1. The minimum atomic E-state index is -0.636. The lowest BCUT2D eigenvalue weighted by Crippen LogP contribution is -2.44. The van der Waals surface area contributed by atoms with Crippen molar-refractivity contribution in [1.29, 1.82) is 5.41 Å². The maximum atomic E-state index is 13.9. The van der Waals surface area contributed by atoms with Crippen LogP contribution in [0.4, 0.5) is 5.69 Å².